The molecule has 0 saturated carbocycles. The normalized spacial score (nSPS) is 11.3. The van der Waals surface area contributed by atoms with E-state index in [-0.39, 0.29) is 0 Å². The van der Waals surface area contributed by atoms with E-state index in [9.17, 15) is 0 Å². The maximum atomic E-state index is 6.50. The molecule has 1 N–H and O–H groups in total. The van der Waals surface area contributed by atoms with E-state index in [4.69, 9.17) is 33.2 Å². The van der Waals surface area contributed by atoms with Gasteiger partial charge in [-0.3, -0.25) is 0 Å². The van der Waals surface area contributed by atoms with Crippen molar-refractivity contribution in [3.63, 3.8) is 0 Å². The molecular formula is C22H13Cl2N3. The third kappa shape index (κ3) is 2.85. The van der Waals surface area contributed by atoms with Crippen molar-refractivity contribution in [2.24, 2.45) is 0 Å². The zero-order valence-electron chi connectivity index (χ0n) is 14.1. The first-order chi connectivity index (χ1) is 13.2. The first-order valence-electron chi connectivity index (χ1n) is 8.49. The first kappa shape index (κ1) is 16.3. The van der Waals surface area contributed by atoms with Crippen molar-refractivity contribution in [1.82, 2.24) is 15.0 Å². The number of fused-ring (bicyclic) bond motifs is 2. The predicted octanol–water partition coefficient (Wildman–Crippen LogP) is 6.75. The Balaban J connectivity index is 1.85. The molecule has 5 aromatic rings. The second-order valence-electron chi connectivity index (χ2n) is 6.30. The quantitative estimate of drug-likeness (QED) is 0.362. The van der Waals surface area contributed by atoms with E-state index in [0.717, 1.165) is 38.8 Å². The summed E-state index contributed by atoms with van der Waals surface area (Å²) in [7, 11) is 0. The maximum absolute atomic E-state index is 6.50. The summed E-state index contributed by atoms with van der Waals surface area (Å²) in [5, 5.41) is 2.27. The predicted molar refractivity (Wildman–Crippen MR) is 112 cm³/mol. The number of pyridine rings is 1. The van der Waals surface area contributed by atoms with Crippen LogP contribution in [-0.2, 0) is 0 Å². The van der Waals surface area contributed by atoms with Crippen LogP contribution >= 0.6 is 23.2 Å². The zero-order chi connectivity index (χ0) is 18.4. The highest BCUT2D eigenvalue weighted by Crippen LogP contribution is 2.37. The van der Waals surface area contributed by atoms with E-state index in [1.165, 1.54) is 0 Å². The maximum Gasteiger partial charge on any atom is 0.157 e. The number of benzene rings is 3. The van der Waals surface area contributed by atoms with Crippen LogP contribution in [0.4, 0.5) is 0 Å². The summed E-state index contributed by atoms with van der Waals surface area (Å²) in [5.74, 6) is 0.702. The summed E-state index contributed by atoms with van der Waals surface area (Å²) in [6.07, 6.45) is 0. The molecule has 3 nitrogen and oxygen atoms in total. The SMILES string of the molecule is Clc1ccc(Cl)c(-c2cc3ccccc3nc2-c2nc3ccccc3[nH]2)c1. The second kappa shape index (κ2) is 6.38. The van der Waals surface area contributed by atoms with Crippen molar-refractivity contribution in [2.45, 2.75) is 0 Å². The Kier molecular flexibility index (Phi) is 3.85. The molecular weight excluding hydrogens is 377 g/mol. The molecule has 0 saturated heterocycles. The smallest absolute Gasteiger partial charge is 0.157 e. The molecule has 0 atom stereocenters. The molecule has 0 unspecified atom stereocenters. The summed E-state index contributed by atoms with van der Waals surface area (Å²) in [5.41, 5.74) is 5.22. The Morgan fingerprint density at radius 3 is 2.33 bits per heavy atom. The first-order valence-corrected chi connectivity index (χ1v) is 9.25. The van der Waals surface area contributed by atoms with Crippen LogP contribution in [-0.4, -0.2) is 15.0 Å². The average Bonchev–Trinajstić information content (AvgIpc) is 3.13. The van der Waals surface area contributed by atoms with Crippen molar-refractivity contribution in [3.8, 4) is 22.6 Å². The van der Waals surface area contributed by atoms with Crippen molar-refractivity contribution in [2.75, 3.05) is 0 Å². The number of para-hydroxylation sites is 3. The Morgan fingerprint density at radius 1 is 0.704 bits per heavy atom. The van der Waals surface area contributed by atoms with Crippen LogP contribution in [0.2, 0.25) is 10.0 Å². The third-order valence-corrected chi connectivity index (χ3v) is 5.12. The highest BCUT2D eigenvalue weighted by Gasteiger charge is 2.17. The summed E-state index contributed by atoms with van der Waals surface area (Å²) in [6.45, 7) is 0. The van der Waals surface area contributed by atoms with E-state index in [1.807, 2.05) is 54.6 Å². The van der Waals surface area contributed by atoms with Gasteiger partial charge in [0, 0.05) is 26.6 Å². The van der Waals surface area contributed by atoms with Crippen LogP contribution in [0.3, 0.4) is 0 Å². The lowest BCUT2D eigenvalue weighted by molar-refractivity contribution is 1.27. The number of H-pyrrole nitrogens is 1. The average molecular weight is 390 g/mol. The van der Waals surface area contributed by atoms with Gasteiger partial charge in [0.2, 0.25) is 0 Å². The standard InChI is InChI=1S/C22H13Cl2N3/c23-14-9-10-17(24)15(12-14)16-11-13-5-1-2-6-18(13)25-21(16)22-26-19-7-3-4-8-20(19)27-22/h1-12H,(H,26,27). The monoisotopic (exact) mass is 389 g/mol. The molecule has 0 amide bonds. The largest absolute Gasteiger partial charge is 0.337 e. The Hall–Kier alpha value is -2.88. The number of hydrogen-bond acceptors (Lipinski definition) is 2. The van der Waals surface area contributed by atoms with Crippen LogP contribution in [0.5, 0.6) is 0 Å². The third-order valence-electron chi connectivity index (χ3n) is 4.56. The van der Waals surface area contributed by atoms with Crippen molar-refractivity contribution >= 4 is 45.1 Å². The lowest BCUT2D eigenvalue weighted by atomic mass is 10.0. The van der Waals surface area contributed by atoms with E-state index in [0.29, 0.717) is 15.9 Å². The Bertz CT molecular complexity index is 1270. The molecule has 0 aliphatic heterocycles. The molecule has 0 aliphatic carbocycles. The molecule has 0 bridgehead atoms. The number of aromatic nitrogens is 3. The van der Waals surface area contributed by atoms with Gasteiger partial charge in [-0.15, -0.1) is 0 Å². The van der Waals surface area contributed by atoms with E-state index in [1.54, 1.807) is 12.1 Å². The van der Waals surface area contributed by atoms with Crippen LogP contribution in [0.15, 0.2) is 72.8 Å². The van der Waals surface area contributed by atoms with Crippen LogP contribution in [0, 0.1) is 0 Å². The van der Waals surface area contributed by atoms with Crippen LogP contribution in [0.25, 0.3) is 44.6 Å². The zero-order valence-corrected chi connectivity index (χ0v) is 15.6. The van der Waals surface area contributed by atoms with Gasteiger partial charge in [-0.05, 0) is 42.5 Å². The van der Waals surface area contributed by atoms with E-state index >= 15 is 0 Å². The summed E-state index contributed by atoms with van der Waals surface area (Å²) in [6, 6.07) is 23.4. The lowest BCUT2D eigenvalue weighted by Crippen LogP contribution is -1.93. The fraction of sp³-hybridized carbons (Fsp3) is 0. The van der Waals surface area contributed by atoms with Gasteiger partial charge in [0.15, 0.2) is 5.82 Å². The molecule has 3 aromatic carbocycles. The van der Waals surface area contributed by atoms with E-state index in [2.05, 4.69) is 11.1 Å². The highest BCUT2D eigenvalue weighted by atomic mass is 35.5. The van der Waals surface area contributed by atoms with Gasteiger partial charge in [0.25, 0.3) is 0 Å². The van der Waals surface area contributed by atoms with Gasteiger partial charge < -0.3 is 4.98 Å². The molecule has 0 fully saturated rings. The van der Waals surface area contributed by atoms with Crippen molar-refractivity contribution in [3.05, 3.63) is 82.8 Å². The molecule has 2 aromatic heterocycles. The number of aromatic amines is 1. The number of nitrogens with one attached hydrogen (secondary N) is 1. The van der Waals surface area contributed by atoms with Gasteiger partial charge in [-0.1, -0.05) is 53.5 Å². The minimum Gasteiger partial charge on any atom is -0.337 e. The number of hydrogen-bond donors (Lipinski definition) is 1. The van der Waals surface area contributed by atoms with Gasteiger partial charge >= 0.3 is 0 Å². The number of nitrogens with zero attached hydrogens (tertiary/aromatic N) is 2. The summed E-state index contributed by atoms with van der Waals surface area (Å²) < 4.78 is 0. The number of rotatable bonds is 2. The van der Waals surface area contributed by atoms with Crippen molar-refractivity contribution in [1.29, 1.82) is 0 Å². The minimum atomic E-state index is 0.619. The molecule has 0 spiro atoms. The lowest BCUT2D eigenvalue weighted by Gasteiger charge is -2.11. The van der Waals surface area contributed by atoms with Gasteiger partial charge in [-0.25, -0.2) is 9.97 Å². The molecule has 0 radical (unpaired) electrons. The Labute approximate surface area is 165 Å². The molecule has 5 rings (SSSR count). The topological polar surface area (TPSA) is 41.6 Å². The van der Waals surface area contributed by atoms with Gasteiger partial charge in [0.05, 0.1) is 16.6 Å². The van der Waals surface area contributed by atoms with Crippen LogP contribution in [0.1, 0.15) is 0 Å². The van der Waals surface area contributed by atoms with Gasteiger partial charge in [0.1, 0.15) is 5.69 Å². The molecule has 2 heterocycles. The van der Waals surface area contributed by atoms with Crippen molar-refractivity contribution < 1.29 is 0 Å². The molecule has 27 heavy (non-hydrogen) atoms. The van der Waals surface area contributed by atoms with Gasteiger partial charge in [-0.2, -0.15) is 0 Å². The Morgan fingerprint density at radius 2 is 1.48 bits per heavy atom. The van der Waals surface area contributed by atoms with E-state index < -0.39 is 0 Å². The van der Waals surface area contributed by atoms with Crippen LogP contribution < -0.4 is 0 Å². The number of halogens is 2. The fourth-order valence-electron chi connectivity index (χ4n) is 3.27. The summed E-state index contributed by atoms with van der Waals surface area (Å²) >= 11 is 12.7. The second-order valence-corrected chi connectivity index (χ2v) is 7.15. The minimum absolute atomic E-state index is 0.619. The summed E-state index contributed by atoms with van der Waals surface area (Å²) in [4.78, 5) is 13.0. The fourth-order valence-corrected chi connectivity index (χ4v) is 3.66. The molecule has 0 aliphatic rings. The molecule has 5 heteroatoms. The molecule has 130 valence electrons. The highest BCUT2D eigenvalue weighted by molar-refractivity contribution is 6.35. The number of imidazole rings is 1.